The van der Waals surface area contributed by atoms with Gasteiger partial charge in [-0.1, -0.05) is 33.1 Å². The lowest BCUT2D eigenvalue weighted by atomic mass is 10.1. The van der Waals surface area contributed by atoms with E-state index in [2.05, 4.69) is 11.8 Å². The number of hydrogen-bond acceptors (Lipinski definition) is 1. The lowest BCUT2D eigenvalue weighted by Gasteiger charge is -2.06. The van der Waals surface area contributed by atoms with E-state index in [0.29, 0.717) is 5.92 Å². The second-order valence-corrected chi connectivity index (χ2v) is 2.98. The zero-order valence-electron chi connectivity index (χ0n) is 6.52. The Kier molecular flexibility index (Phi) is 5.32. The van der Waals surface area contributed by atoms with E-state index < -0.39 is 5.60 Å². The van der Waals surface area contributed by atoms with Crippen molar-refractivity contribution in [2.75, 3.05) is 0 Å². The maximum Gasteiger partial charge on any atom is 0.119 e. The highest BCUT2D eigenvalue weighted by atomic mass is 16.3. The Labute approximate surface area is 64.5 Å². The second kappa shape index (κ2) is 4.35. The van der Waals surface area contributed by atoms with Gasteiger partial charge in [-0.3, -0.25) is 0 Å². The molecule has 0 aromatic carbocycles. The highest BCUT2D eigenvalue weighted by molar-refractivity contribution is 5.11. The summed E-state index contributed by atoms with van der Waals surface area (Å²) >= 11 is 0. The minimum Gasteiger partial charge on any atom is -0.378 e. The van der Waals surface area contributed by atoms with Crippen molar-refractivity contribution in [1.82, 2.24) is 0 Å². The number of hydrogen-bond donors (Lipinski definition) is 1. The third-order valence-corrected chi connectivity index (χ3v) is 0.667. The van der Waals surface area contributed by atoms with Gasteiger partial charge in [0.1, 0.15) is 5.60 Å². The van der Waals surface area contributed by atoms with Crippen LogP contribution in [0.5, 0.6) is 0 Å². The fourth-order valence-corrected chi connectivity index (χ4v) is 0.321. The van der Waals surface area contributed by atoms with Crippen LogP contribution in [0, 0.1) is 17.8 Å². The van der Waals surface area contributed by atoms with E-state index in [-0.39, 0.29) is 7.43 Å². The summed E-state index contributed by atoms with van der Waals surface area (Å²) in [6, 6.07) is 0. The molecule has 0 aliphatic heterocycles. The molecular weight excluding hydrogens is 124 g/mol. The van der Waals surface area contributed by atoms with Crippen LogP contribution in [-0.2, 0) is 0 Å². The molecule has 0 fully saturated rings. The van der Waals surface area contributed by atoms with Crippen molar-refractivity contribution in [2.45, 2.75) is 40.7 Å². The number of aliphatic hydroxyl groups is 1. The molecule has 10 heavy (non-hydrogen) atoms. The van der Waals surface area contributed by atoms with Crippen molar-refractivity contribution >= 4 is 0 Å². The summed E-state index contributed by atoms with van der Waals surface area (Å²) in [5.74, 6) is 5.96. The van der Waals surface area contributed by atoms with Crippen LogP contribution in [0.15, 0.2) is 0 Å². The van der Waals surface area contributed by atoms with Crippen LogP contribution < -0.4 is 0 Å². The van der Waals surface area contributed by atoms with Gasteiger partial charge in [0, 0.05) is 5.92 Å². The second-order valence-electron chi connectivity index (χ2n) is 2.98. The normalized spacial score (nSPS) is 9.80. The topological polar surface area (TPSA) is 20.2 Å². The van der Waals surface area contributed by atoms with Crippen LogP contribution >= 0.6 is 0 Å². The standard InChI is InChI=1S/C8H14O.CH4/c1-7(2)5-6-8(3,4)9;/h7,9H,1-4H3;1H4. The van der Waals surface area contributed by atoms with Crippen LogP contribution in [0.4, 0.5) is 0 Å². The van der Waals surface area contributed by atoms with Gasteiger partial charge in [-0.25, -0.2) is 0 Å². The molecule has 0 rings (SSSR count). The highest BCUT2D eigenvalue weighted by Gasteiger charge is 2.05. The molecule has 0 heterocycles. The van der Waals surface area contributed by atoms with Gasteiger partial charge in [-0.15, -0.1) is 0 Å². The maximum atomic E-state index is 9.09. The van der Waals surface area contributed by atoms with E-state index in [1.54, 1.807) is 13.8 Å². The van der Waals surface area contributed by atoms with E-state index in [1.807, 2.05) is 13.8 Å². The maximum absolute atomic E-state index is 9.09. The molecule has 0 radical (unpaired) electrons. The molecular formula is C9H18O. The SMILES string of the molecule is C.CC(C)C#CC(C)(C)O. The van der Waals surface area contributed by atoms with E-state index in [9.17, 15) is 0 Å². The Balaban J connectivity index is 0. The minimum absolute atomic E-state index is 0. The first-order chi connectivity index (χ1) is 3.92. The molecule has 0 aliphatic carbocycles. The van der Waals surface area contributed by atoms with Crippen molar-refractivity contribution in [1.29, 1.82) is 0 Å². The van der Waals surface area contributed by atoms with E-state index in [4.69, 9.17) is 5.11 Å². The van der Waals surface area contributed by atoms with Gasteiger partial charge < -0.3 is 5.11 Å². The van der Waals surface area contributed by atoms with Gasteiger partial charge in [0.05, 0.1) is 0 Å². The van der Waals surface area contributed by atoms with Crippen LogP contribution in [0.3, 0.4) is 0 Å². The molecule has 0 saturated heterocycles. The summed E-state index contributed by atoms with van der Waals surface area (Å²) in [6.45, 7) is 7.36. The summed E-state index contributed by atoms with van der Waals surface area (Å²) in [4.78, 5) is 0. The molecule has 0 bridgehead atoms. The number of rotatable bonds is 0. The molecule has 1 N–H and O–H groups in total. The quantitative estimate of drug-likeness (QED) is 0.513. The van der Waals surface area contributed by atoms with Gasteiger partial charge in [0.2, 0.25) is 0 Å². The molecule has 0 amide bonds. The summed E-state index contributed by atoms with van der Waals surface area (Å²) in [5.41, 5.74) is -0.829. The van der Waals surface area contributed by atoms with Gasteiger partial charge in [-0.05, 0) is 13.8 Å². The smallest absolute Gasteiger partial charge is 0.119 e. The van der Waals surface area contributed by atoms with Gasteiger partial charge in [0.15, 0.2) is 0 Å². The Morgan fingerprint density at radius 1 is 1.30 bits per heavy atom. The monoisotopic (exact) mass is 142 g/mol. The zero-order valence-corrected chi connectivity index (χ0v) is 6.52. The van der Waals surface area contributed by atoms with E-state index in [0.717, 1.165) is 0 Å². The summed E-state index contributed by atoms with van der Waals surface area (Å²) < 4.78 is 0. The van der Waals surface area contributed by atoms with E-state index >= 15 is 0 Å². The first-order valence-electron chi connectivity index (χ1n) is 3.17. The van der Waals surface area contributed by atoms with Crippen molar-refractivity contribution < 1.29 is 5.11 Å². The highest BCUT2D eigenvalue weighted by Crippen LogP contribution is 1.98. The molecule has 0 aromatic heterocycles. The Morgan fingerprint density at radius 2 is 1.70 bits per heavy atom. The average molecular weight is 142 g/mol. The molecule has 0 unspecified atom stereocenters. The Hall–Kier alpha value is -0.480. The fourth-order valence-electron chi connectivity index (χ4n) is 0.321. The fraction of sp³-hybridized carbons (Fsp3) is 0.778. The first kappa shape index (κ1) is 12.2. The van der Waals surface area contributed by atoms with Crippen LogP contribution in [0.2, 0.25) is 0 Å². The molecule has 0 aliphatic rings. The van der Waals surface area contributed by atoms with Crippen molar-refractivity contribution in [3.63, 3.8) is 0 Å². The predicted molar refractivity (Wildman–Crippen MR) is 45.6 cm³/mol. The summed E-state index contributed by atoms with van der Waals surface area (Å²) in [6.07, 6.45) is 0. The molecule has 60 valence electrons. The zero-order chi connectivity index (χ0) is 7.49. The van der Waals surface area contributed by atoms with Crippen molar-refractivity contribution in [3.05, 3.63) is 0 Å². The molecule has 1 nitrogen and oxygen atoms in total. The molecule has 1 heteroatoms. The third-order valence-electron chi connectivity index (χ3n) is 0.667. The van der Waals surface area contributed by atoms with Crippen LogP contribution in [0.1, 0.15) is 35.1 Å². The van der Waals surface area contributed by atoms with Crippen LogP contribution in [0.25, 0.3) is 0 Å². The lowest BCUT2D eigenvalue weighted by Crippen LogP contribution is -2.14. The minimum atomic E-state index is -0.829. The molecule has 0 aromatic rings. The third kappa shape index (κ3) is 10.5. The largest absolute Gasteiger partial charge is 0.378 e. The van der Waals surface area contributed by atoms with E-state index in [1.165, 1.54) is 0 Å². The summed E-state index contributed by atoms with van der Waals surface area (Å²) in [5, 5.41) is 9.09. The Morgan fingerprint density at radius 3 is 1.80 bits per heavy atom. The van der Waals surface area contributed by atoms with Crippen LogP contribution in [-0.4, -0.2) is 10.7 Å². The van der Waals surface area contributed by atoms with Gasteiger partial charge >= 0.3 is 0 Å². The summed E-state index contributed by atoms with van der Waals surface area (Å²) in [7, 11) is 0. The van der Waals surface area contributed by atoms with Crippen molar-refractivity contribution in [3.8, 4) is 11.8 Å². The molecule has 0 atom stereocenters. The van der Waals surface area contributed by atoms with Crippen molar-refractivity contribution in [2.24, 2.45) is 5.92 Å². The average Bonchev–Trinajstić information content (AvgIpc) is 1.59. The molecule has 0 saturated carbocycles. The first-order valence-corrected chi connectivity index (χ1v) is 3.17. The lowest BCUT2D eigenvalue weighted by molar-refractivity contribution is 0.143. The predicted octanol–water partition coefficient (Wildman–Crippen LogP) is 2.05. The van der Waals surface area contributed by atoms with Gasteiger partial charge in [0.25, 0.3) is 0 Å². The van der Waals surface area contributed by atoms with Gasteiger partial charge in [-0.2, -0.15) is 0 Å². The Bertz CT molecular complexity index is 129. The molecule has 0 spiro atoms.